The van der Waals surface area contributed by atoms with Crippen molar-refractivity contribution in [2.24, 2.45) is 0 Å². The molecule has 0 aliphatic heterocycles. The Morgan fingerprint density at radius 3 is 1.77 bits per heavy atom. The molecular formula is C52H32N2O2. The Morgan fingerprint density at radius 2 is 0.946 bits per heavy atom. The van der Waals surface area contributed by atoms with E-state index in [-0.39, 0.29) is 0 Å². The smallest absolute Gasteiger partial charge is 0.159 e. The van der Waals surface area contributed by atoms with E-state index in [4.69, 9.17) is 8.83 Å². The first-order chi connectivity index (χ1) is 27.8. The Labute approximate surface area is 321 Å². The van der Waals surface area contributed by atoms with E-state index < -0.39 is 0 Å². The quantitative estimate of drug-likeness (QED) is 0.178. The van der Waals surface area contributed by atoms with Crippen LogP contribution in [0.25, 0.3) is 93.3 Å². The first-order valence-corrected chi connectivity index (χ1v) is 19.0. The number of furan rings is 2. The molecule has 0 aliphatic rings. The third-order valence-electron chi connectivity index (χ3n) is 11.4. The fraction of sp³-hybridized carbons (Fsp3) is 0. The van der Waals surface area contributed by atoms with Crippen LogP contribution in [-0.4, -0.2) is 4.57 Å². The van der Waals surface area contributed by atoms with Crippen LogP contribution in [-0.2, 0) is 0 Å². The largest absolute Gasteiger partial charge is 0.454 e. The van der Waals surface area contributed by atoms with Gasteiger partial charge in [-0.3, -0.25) is 0 Å². The topological polar surface area (TPSA) is 34.5 Å². The Bertz CT molecular complexity index is 3480. The average molecular weight is 717 g/mol. The van der Waals surface area contributed by atoms with Gasteiger partial charge in [-0.25, -0.2) is 0 Å². The Morgan fingerprint density at radius 1 is 0.357 bits per heavy atom. The zero-order valence-corrected chi connectivity index (χ0v) is 30.2. The lowest BCUT2D eigenvalue weighted by Crippen LogP contribution is -2.10. The maximum Gasteiger partial charge on any atom is 0.159 e. The predicted molar refractivity (Wildman–Crippen MR) is 233 cm³/mol. The SMILES string of the molecule is c1ccc(-n2c3ccccc3c3ccc(-c4ccc(N(c5cccc6c5oc5ccccc56)c5cccc6c5oc5c7ccccc7ccc65)cc4)cc32)cc1. The molecule has 0 fully saturated rings. The number of nitrogens with zero attached hydrogens (tertiary/aromatic N) is 2. The van der Waals surface area contributed by atoms with Gasteiger partial charge in [0.05, 0.1) is 22.4 Å². The molecule has 0 spiro atoms. The zero-order valence-electron chi connectivity index (χ0n) is 30.2. The molecular weight excluding hydrogens is 685 g/mol. The number of para-hydroxylation sites is 5. The fourth-order valence-corrected chi connectivity index (χ4v) is 8.81. The number of anilines is 3. The van der Waals surface area contributed by atoms with Crippen molar-refractivity contribution in [3.63, 3.8) is 0 Å². The number of aromatic nitrogens is 1. The number of rotatable bonds is 5. The molecule has 4 nitrogen and oxygen atoms in total. The summed E-state index contributed by atoms with van der Waals surface area (Å²) in [5.41, 5.74) is 12.1. The summed E-state index contributed by atoms with van der Waals surface area (Å²) >= 11 is 0. The van der Waals surface area contributed by atoms with Gasteiger partial charge in [0, 0.05) is 49.1 Å². The molecule has 0 saturated carbocycles. The van der Waals surface area contributed by atoms with Crippen molar-refractivity contribution in [1.29, 1.82) is 0 Å². The standard InChI is InChI=1S/C52H32N2O2/c1-2-13-36(14-3-1)53-45-20-8-6-16-39(45)40-30-27-35(32-48(40)53)33-24-28-37(29-25-33)54(46-21-10-18-42-41-17-7-9-23-49(41)55-51(42)46)47-22-11-19-43-44-31-26-34-12-4-5-15-38(34)50(44)56-52(43)47/h1-32H. The summed E-state index contributed by atoms with van der Waals surface area (Å²) < 4.78 is 16.0. The summed E-state index contributed by atoms with van der Waals surface area (Å²) in [5.74, 6) is 0. The molecule has 12 rings (SSSR count). The first-order valence-electron chi connectivity index (χ1n) is 19.0. The molecule has 4 heteroatoms. The van der Waals surface area contributed by atoms with Gasteiger partial charge in [0.25, 0.3) is 0 Å². The van der Waals surface area contributed by atoms with Crippen molar-refractivity contribution in [2.75, 3.05) is 4.90 Å². The number of hydrogen-bond acceptors (Lipinski definition) is 3. The highest BCUT2D eigenvalue weighted by Crippen LogP contribution is 2.47. The second-order valence-electron chi connectivity index (χ2n) is 14.5. The van der Waals surface area contributed by atoms with Crippen LogP contribution >= 0.6 is 0 Å². The molecule has 0 bridgehead atoms. The maximum absolute atomic E-state index is 6.92. The van der Waals surface area contributed by atoms with Crippen LogP contribution in [0.1, 0.15) is 0 Å². The summed E-state index contributed by atoms with van der Waals surface area (Å²) in [4.78, 5) is 2.29. The van der Waals surface area contributed by atoms with Crippen molar-refractivity contribution in [2.45, 2.75) is 0 Å². The zero-order chi connectivity index (χ0) is 36.7. The van der Waals surface area contributed by atoms with Gasteiger partial charge in [0.2, 0.25) is 0 Å². The van der Waals surface area contributed by atoms with Crippen LogP contribution in [0, 0.1) is 0 Å². The van der Waals surface area contributed by atoms with E-state index in [2.05, 4.69) is 191 Å². The lowest BCUT2D eigenvalue weighted by Gasteiger charge is -2.25. The summed E-state index contributed by atoms with van der Waals surface area (Å²) in [6.07, 6.45) is 0. The summed E-state index contributed by atoms with van der Waals surface area (Å²) in [5, 5.41) is 9.08. The molecule has 0 N–H and O–H groups in total. The van der Waals surface area contributed by atoms with Gasteiger partial charge in [-0.05, 0) is 77.2 Å². The number of benzene rings is 9. The second-order valence-corrected chi connectivity index (χ2v) is 14.5. The van der Waals surface area contributed by atoms with Gasteiger partial charge in [-0.1, -0.05) is 133 Å². The highest BCUT2D eigenvalue weighted by atomic mass is 16.3. The van der Waals surface area contributed by atoms with Gasteiger partial charge < -0.3 is 18.3 Å². The molecule has 0 aliphatic carbocycles. The van der Waals surface area contributed by atoms with E-state index in [0.29, 0.717) is 0 Å². The predicted octanol–water partition coefficient (Wildman–Crippen LogP) is 14.9. The highest BCUT2D eigenvalue weighted by Gasteiger charge is 2.24. The third-order valence-corrected chi connectivity index (χ3v) is 11.4. The molecule has 9 aromatic carbocycles. The molecule has 0 radical (unpaired) electrons. The lowest BCUT2D eigenvalue weighted by atomic mass is 10.0. The van der Waals surface area contributed by atoms with Crippen LogP contribution in [0.2, 0.25) is 0 Å². The van der Waals surface area contributed by atoms with E-state index in [1.807, 2.05) is 12.1 Å². The minimum atomic E-state index is 0.829. The lowest BCUT2D eigenvalue weighted by molar-refractivity contribution is 0.667. The fourth-order valence-electron chi connectivity index (χ4n) is 8.81. The van der Waals surface area contributed by atoms with Crippen molar-refractivity contribution in [3.8, 4) is 16.8 Å². The highest BCUT2D eigenvalue weighted by molar-refractivity contribution is 6.18. The molecule has 56 heavy (non-hydrogen) atoms. The van der Waals surface area contributed by atoms with Crippen molar-refractivity contribution >= 4 is 93.5 Å². The number of fused-ring (bicyclic) bond motifs is 11. The van der Waals surface area contributed by atoms with Crippen LogP contribution < -0.4 is 4.90 Å². The van der Waals surface area contributed by atoms with E-state index in [1.165, 1.54) is 21.8 Å². The summed E-state index contributed by atoms with van der Waals surface area (Å²) in [6.45, 7) is 0. The van der Waals surface area contributed by atoms with E-state index in [0.717, 1.165) is 88.5 Å². The molecule has 262 valence electrons. The Hall–Kier alpha value is -7.56. The van der Waals surface area contributed by atoms with Crippen molar-refractivity contribution in [3.05, 3.63) is 194 Å². The Balaban J connectivity index is 1.06. The van der Waals surface area contributed by atoms with Gasteiger partial charge in [0.15, 0.2) is 11.2 Å². The first kappa shape index (κ1) is 30.9. The van der Waals surface area contributed by atoms with Gasteiger partial charge in [0.1, 0.15) is 11.2 Å². The minimum Gasteiger partial charge on any atom is -0.454 e. The van der Waals surface area contributed by atoms with Gasteiger partial charge in [-0.15, -0.1) is 0 Å². The van der Waals surface area contributed by atoms with Crippen LogP contribution in [0.5, 0.6) is 0 Å². The monoisotopic (exact) mass is 716 g/mol. The summed E-state index contributed by atoms with van der Waals surface area (Å²) in [7, 11) is 0. The third kappa shape index (κ3) is 4.53. The van der Waals surface area contributed by atoms with E-state index in [1.54, 1.807) is 0 Å². The average Bonchev–Trinajstić information content (AvgIpc) is 3.95. The molecule has 3 heterocycles. The molecule has 3 aromatic heterocycles. The van der Waals surface area contributed by atoms with Crippen LogP contribution in [0.3, 0.4) is 0 Å². The number of hydrogen-bond donors (Lipinski definition) is 0. The van der Waals surface area contributed by atoms with E-state index >= 15 is 0 Å². The second kappa shape index (κ2) is 12.0. The molecule has 0 unspecified atom stereocenters. The normalized spacial score (nSPS) is 11.9. The molecule has 12 aromatic rings. The van der Waals surface area contributed by atoms with Crippen molar-refractivity contribution in [1.82, 2.24) is 4.57 Å². The summed E-state index contributed by atoms with van der Waals surface area (Å²) in [6, 6.07) is 68.9. The molecule has 0 atom stereocenters. The van der Waals surface area contributed by atoms with Gasteiger partial charge in [-0.2, -0.15) is 0 Å². The molecule has 0 amide bonds. The minimum absolute atomic E-state index is 0.829. The molecule has 0 saturated heterocycles. The Kier molecular flexibility index (Phi) is 6.60. The maximum atomic E-state index is 6.92. The van der Waals surface area contributed by atoms with Crippen molar-refractivity contribution < 1.29 is 8.83 Å². The van der Waals surface area contributed by atoms with Crippen LogP contribution in [0.15, 0.2) is 203 Å². The van der Waals surface area contributed by atoms with Crippen LogP contribution in [0.4, 0.5) is 17.1 Å². The van der Waals surface area contributed by atoms with E-state index in [9.17, 15) is 0 Å². The van der Waals surface area contributed by atoms with Gasteiger partial charge >= 0.3 is 0 Å².